The van der Waals surface area contributed by atoms with E-state index in [1.54, 1.807) is 0 Å². The van der Waals surface area contributed by atoms with Gasteiger partial charge in [-0.05, 0) is 58.2 Å². The van der Waals surface area contributed by atoms with E-state index in [1.807, 2.05) is 0 Å². The van der Waals surface area contributed by atoms with Gasteiger partial charge in [-0.25, -0.2) is 0 Å². The fourth-order valence-electron chi connectivity index (χ4n) is 3.64. The fraction of sp³-hybridized carbons (Fsp3) is 1.00. The third-order valence-corrected chi connectivity index (χ3v) is 4.86. The van der Waals surface area contributed by atoms with Gasteiger partial charge in [0.05, 0.1) is 0 Å². The van der Waals surface area contributed by atoms with Crippen LogP contribution in [0.3, 0.4) is 0 Å². The molecule has 0 bridgehead atoms. The van der Waals surface area contributed by atoms with Crippen molar-refractivity contribution in [3.63, 3.8) is 0 Å². The average Bonchev–Trinajstić information content (AvgIpc) is 2.66. The summed E-state index contributed by atoms with van der Waals surface area (Å²) in [5.74, 6) is 0.867. The smallest absolute Gasteiger partial charge is 0.0223 e. The summed E-state index contributed by atoms with van der Waals surface area (Å²) in [6.07, 6.45) is 8.45. The minimum atomic E-state index is 0.796. The molecule has 0 aromatic rings. The number of rotatable bonds is 5. The molecule has 18 heavy (non-hydrogen) atoms. The summed E-state index contributed by atoms with van der Waals surface area (Å²) >= 11 is 0. The molecule has 0 N–H and O–H groups in total. The Morgan fingerprint density at radius 2 is 1.78 bits per heavy atom. The van der Waals surface area contributed by atoms with Crippen LogP contribution >= 0.6 is 0 Å². The van der Waals surface area contributed by atoms with Gasteiger partial charge in [-0.15, -0.1) is 0 Å². The number of nitrogens with zero attached hydrogens (tertiary/aromatic N) is 2. The minimum Gasteiger partial charge on any atom is -0.299 e. The molecule has 2 unspecified atom stereocenters. The van der Waals surface area contributed by atoms with Crippen molar-refractivity contribution in [3.05, 3.63) is 0 Å². The maximum Gasteiger partial charge on any atom is 0.0223 e. The Morgan fingerprint density at radius 1 is 1.00 bits per heavy atom. The van der Waals surface area contributed by atoms with E-state index in [9.17, 15) is 0 Å². The van der Waals surface area contributed by atoms with E-state index >= 15 is 0 Å². The lowest BCUT2D eigenvalue weighted by Crippen LogP contribution is -2.40. The van der Waals surface area contributed by atoms with Crippen LogP contribution in [-0.4, -0.2) is 48.1 Å². The van der Waals surface area contributed by atoms with E-state index in [-0.39, 0.29) is 0 Å². The number of hydrogen-bond donors (Lipinski definition) is 0. The van der Waals surface area contributed by atoms with Crippen molar-refractivity contribution in [1.82, 2.24) is 9.80 Å². The van der Waals surface area contributed by atoms with Crippen LogP contribution in [0.4, 0.5) is 0 Å². The van der Waals surface area contributed by atoms with Crippen molar-refractivity contribution in [2.24, 2.45) is 5.92 Å². The molecule has 0 spiro atoms. The van der Waals surface area contributed by atoms with Crippen molar-refractivity contribution in [2.45, 2.75) is 71.4 Å². The first-order valence-electron chi connectivity index (χ1n) is 8.15. The lowest BCUT2D eigenvalue weighted by molar-refractivity contribution is 0.172. The highest BCUT2D eigenvalue weighted by atomic mass is 15.3. The zero-order chi connectivity index (χ0) is 13.0. The van der Waals surface area contributed by atoms with Crippen molar-refractivity contribution >= 4 is 0 Å². The van der Waals surface area contributed by atoms with Crippen molar-refractivity contribution in [3.8, 4) is 0 Å². The molecule has 2 heteroatoms. The van der Waals surface area contributed by atoms with Crippen LogP contribution in [0.2, 0.25) is 0 Å². The highest BCUT2D eigenvalue weighted by Gasteiger charge is 2.29. The predicted molar refractivity (Wildman–Crippen MR) is 78.9 cm³/mol. The van der Waals surface area contributed by atoms with Gasteiger partial charge in [0.1, 0.15) is 0 Å². The van der Waals surface area contributed by atoms with Gasteiger partial charge in [0.15, 0.2) is 0 Å². The van der Waals surface area contributed by atoms with Crippen LogP contribution < -0.4 is 0 Å². The fourth-order valence-corrected chi connectivity index (χ4v) is 3.64. The van der Waals surface area contributed by atoms with Crippen LogP contribution in [0, 0.1) is 5.92 Å². The molecule has 0 aromatic heterocycles. The summed E-state index contributed by atoms with van der Waals surface area (Å²) in [4.78, 5) is 5.51. The number of hydrogen-bond acceptors (Lipinski definition) is 2. The van der Waals surface area contributed by atoms with Crippen LogP contribution in [0.1, 0.15) is 59.3 Å². The Balaban J connectivity index is 1.76. The molecule has 2 saturated heterocycles. The minimum absolute atomic E-state index is 0.796. The largest absolute Gasteiger partial charge is 0.299 e. The van der Waals surface area contributed by atoms with E-state index in [1.165, 1.54) is 64.7 Å². The summed E-state index contributed by atoms with van der Waals surface area (Å²) in [6.45, 7) is 12.5. The van der Waals surface area contributed by atoms with Crippen molar-refractivity contribution < 1.29 is 0 Å². The van der Waals surface area contributed by atoms with Gasteiger partial charge in [-0.1, -0.05) is 26.7 Å². The molecule has 2 fully saturated rings. The van der Waals surface area contributed by atoms with Crippen LogP contribution in [0.5, 0.6) is 0 Å². The van der Waals surface area contributed by atoms with E-state index < -0.39 is 0 Å². The SMILES string of the molecule is CC(C)CCCC(C)N1CCCN2CCCC2C1. The summed E-state index contributed by atoms with van der Waals surface area (Å²) in [6, 6.07) is 1.67. The van der Waals surface area contributed by atoms with Crippen LogP contribution in [-0.2, 0) is 0 Å². The number of fused-ring (bicyclic) bond motifs is 1. The first-order valence-corrected chi connectivity index (χ1v) is 8.15. The van der Waals surface area contributed by atoms with Gasteiger partial charge >= 0.3 is 0 Å². The highest BCUT2D eigenvalue weighted by Crippen LogP contribution is 2.23. The molecule has 0 amide bonds. The molecule has 2 heterocycles. The molecule has 2 nitrogen and oxygen atoms in total. The first kappa shape index (κ1) is 14.3. The first-order chi connectivity index (χ1) is 8.66. The van der Waals surface area contributed by atoms with E-state index in [0.717, 1.165) is 18.0 Å². The molecule has 2 aliphatic heterocycles. The summed E-state index contributed by atoms with van der Waals surface area (Å²) in [5, 5.41) is 0. The molecule has 2 aliphatic rings. The monoisotopic (exact) mass is 252 g/mol. The average molecular weight is 252 g/mol. The van der Waals surface area contributed by atoms with Crippen LogP contribution in [0.25, 0.3) is 0 Å². The normalized spacial score (nSPS) is 28.3. The Kier molecular flexibility index (Phi) is 5.50. The second-order valence-electron chi connectivity index (χ2n) is 6.85. The molecule has 0 aliphatic carbocycles. The Labute approximate surface area is 114 Å². The van der Waals surface area contributed by atoms with Crippen LogP contribution in [0.15, 0.2) is 0 Å². The lowest BCUT2D eigenvalue weighted by atomic mass is 10.0. The molecule has 0 saturated carbocycles. The summed E-state index contributed by atoms with van der Waals surface area (Å²) < 4.78 is 0. The standard InChI is InChI=1S/C16H32N2/c1-14(2)7-4-8-15(3)18-12-6-11-17-10-5-9-16(17)13-18/h14-16H,4-13H2,1-3H3. The molecular formula is C16H32N2. The van der Waals surface area contributed by atoms with E-state index in [2.05, 4.69) is 30.6 Å². The van der Waals surface area contributed by atoms with E-state index in [0.29, 0.717) is 0 Å². The van der Waals surface area contributed by atoms with Gasteiger partial charge in [0, 0.05) is 18.6 Å². The van der Waals surface area contributed by atoms with Gasteiger partial charge in [-0.2, -0.15) is 0 Å². The zero-order valence-electron chi connectivity index (χ0n) is 12.7. The van der Waals surface area contributed by atoms with Crippen molar-refractivity contribution in [2.75, 3.05) is 26.2 Å². The summed E-state index contributed by atoms with van der Waals surface area (Å²) in [7, 11) is 0. The molecule has 0 radical (unpaired) electrons. The topological polar surface area (TPSA) is 6.48 Å². The maximum absolute atomic E-state index is 2.77. The second kappa shape index (κ2) is 6.91. The second-order valence-corrected chi connectivity index (χ2v) is 6.85. The lowest BCUT2D eigenvalue weighted by Gasteiger charge is -2.30. The van der Waals surface area contributed by atoms with Gasteiger partial charge in [0.2, 0.25) is 0 Å². The Morgan fingerprint density at radius 3 is 2.56 bits per heavy atom. The van der Waals surface area contributed by atoms with E-state index in [4.69, 9.17) is 0 Å². The van der Waals surface area contributed by atoms with Gasteiger partial charge < -0.3 is 0 Å². The Bertz CT molecular complexity index is 239. The zero-order valence-corrected chi connectivity index (χ0v) is 12.7. The molecular weight excluding hydrogens is 220 g/mol. The van der Waals surface area contributed by atoms with Crippen molar-refractivity contribution in [1.29, 1.82) is 0 Å². The molecule has 0 aromatic carbocycles. The molecule has 2 atom stereocenters. The molecule has 106 valence electrons. The molecule has 2 rings (SSSR count). The predicted octanol–water partition coefficient (Wildman–Crippen LogP) is 3.37. The van der Waals surface area contributed by atoms with Gasteiger partial charge in [-0.3, -0.25) is 9.80 Å². The Hall–Kier alpha value is -0.0800. The summed E-state index contributed by atoms with van der Waals surface area (Å²) in [5.41, 5.74) is 0. The van der Waals surface area contributed by atoms with Gasteiger partial charge in [0.25, 0.3) is 0 Å². The maximum atomic E-state index is 2.77. The highest BCUT2D eigenvalue weighted by molar-refractivity contribution is 4.86. The third kappa shape index (κ3) is 3.96. The third-order valence-electron chi connectivity index (χ3n) is 4.86. The quantitative estimate of drug-likeness (QED) is 0.740.